The number of piperazine rings is 1. The summed E-state index contributed by atoms with van der Waals surface area (Å²) in [5.74, 6) is 1.50. The van der Waals surface area contributed by atoms with Crippen LogP contribution in [-0.2, 0) is 6.54 Å². The summed E-state index contributed by atoms with van der Waals surface area (Å²) in [5.41, 5.74) is 0.916. The summed E-state index contributed by atoms with van der Waals surface area (Å²) in [6.45, 7) is 8.28. The number of aryl methyl sites for hydroxylation is 1. The minimum Gasteiger partial charge on any atom is -0.360 e. The van der Waals surface area contributed by atoms with Crippen molar-refractivity contribution in [2.75, 3.05) is 26.2 Å². The van der Waals surface area contributed by atoms with Crippen molar-refractivity contribution in [1.82, 2.24) is 20.3 Å². The Morgan fingerprint density at radius 3 is 2.70 bits per heavy atom. The molecule has 2 fully saturated rings. The van der Waals surface area contributed by atoms with Crippen LogP contribution in [0, 0.1) is 12.8 Å². The van der Waals surface area contributed by atoms with Crippen molar-refractivity contribution in [3.05, 3.63) is 17.5 Å². The van der Waals surface area contributed by atoms with Gasteiger partial charge in [0.15, 0.2) is 5.76 Å². The van der Waals surface area contributed by atoms with Gasteiger partial charge in [-0.05, 0) is 25.7 Å². The summed E-state index contributed by atoms with van der Waals surface area (Å²) >= 11 is 0. The van der Waals surface area contributed by atoms with E-state index in [0.717, 1.165) is 50.6 Å². The van der Waals surface area contributed by atoms with Gasteiger partial charge in [0, 0.05) is 38.3 Å². The molecule has 6 nitrogen and oxygen atoms in total. The third kappa shape index (κ3) is 4.25. The molecule has 1 aliphatic heterocycles. The Bertz CT molecular complexity index is 522. The molecule has 0 radical (unpaired) electrons. The zero-order valence-electron chi connectivity index (χ0n) is 14.3. The van der Waals surface area contributed by atoms with E-state index in [0.29, 0.717) is 12.0 Å². The van der Waals surface area contributed by atoms with E-state index in [1.807, 2.05) is 17.9 Å². The molecule has 0 bridgehead atoms. The highest BCUT2D eigenvalue weighted by Crippen LogP contribution is 2.24. The van der Waals surface area contributed by atoms with Gasteiger partial charge in [-0.2, -0.15) is 0 Å². The van der Waals surface area contributed by atoms with Crippen molar-refractivity contribution in [3.63, 3.8) is 0 Å². The van der Waals surface area contributed by atoms with Gasteiger partial charge >= 0.3 is 6.03 Å². The standard InChI is InChI=1S/C17H28N4O2/c1-13-5-3-4-6-16(13)18-17(22)21-9-7-20(8-10-21)12-15-11-14(2)19-23-15/h11,13,16H,3-10,12H2,1-2H3,(H,18,22). The van der Waals surface area contributed by atoms with Crippen molar-refractivity contribution >= 4 is 6.03 Å². The zero-order chi connectivity index (χ0) is 16.2. The van der Waals surface area contributed by atoms with Crippen LogP contribution >= 0.6 is 0 Å². The van der Waals surface area contributed by atoms with Crippen LogP contribution < -0.4 is 5.32 Å². The maximum Gasteiger partial charge on any atom is 0.317 e. The van der Waals surface area contributed by atoms with Crippen LogP contribution in [-0.4, -0.2) is 53.2 Å². The molecule has 2 aliphatic rings. The van der Waals surface area contributed by atoms with Crippen molar-refractivity contribution in [2.45, 2.75) is 52.1 Å². The Balaban J connectivity index is 1.43. The summed E-state index contributed by atoms with van der Waals surface area (Å²) in [6, 6.07) is 2.44. The molecule has 2 amide bonds. The molecule has 23 heavy (non-hydrogen) atoms. The maximum absolute atomic E-state index is 12.4. The van der Waals surface area contributed by atoms with Gasteiger partial charge in [0.05, 0.1) is 12.2 Å². The lowest BCUT2D eigenvalue weighted by molar-refractivity contribution is 0.123. The van der Waals surface area contributed by atoms with Gasteiger partial charge < -0.3 is 14.7 Å². The van der Waals surface area contributed by atoms with Gasteiger partial charge in [-0.1, -0.05) is 24.9 Å². The fraction of sp³-hybridized carbons (Fsp3) is 0.765. The van der Waals surface area contributed by atoms with E-state index in [9.17, 15) is 4.79 Å². The lowest BCUT2D eigenvalue weighted by Crippen LogP contribution is -2.54. The van der Waals surface area contributed by atoms with Crippen LogP contribution in [0.3, 0.4) is 0 Å². The predicted octanol–water partition coefficient (Wildman–Crippen LogP) is 2.39. The Morgan fingerprint density at radius 2 is 2.04 bits per heavy atom. The molecule has 1 aromatic heterocycles. The normalized spacial score (nSPS) is 26.3. The van der Waals surface area contributed by atoms with E-state index in [1.165, 1.54) is 19.3 Å². The third-order valence-electron chi connectivity index (χ3n) is 5.14. The molecule has 2 heterocycles. The minimum absolute atomic E-state index is 0.110. The molecule has 1 aromatic rings. The third-order valence-corrected chi connectivity index (χ3v) is 5.14. The topological polar surface area (TPSA) is 61.6 Å². The fourth-order valence-corrected chi connectivity index (χ4v) is 3.60. The first-order chi connectivity index (χ1) is 11.1. The summed E-state index contributed by atoms with van der Waals surface area (Å²) < 4.78 is 5.27. The molecule has 1 aliphatic carbocycles. The van der Waals surface area contributed by atoms with Crippen LogP contribution in [0.1, 0.15) is 44.1 Å². The van der Waals surface area contributed by atoms with Crippen LogP contribution in [0.5, 0.6) is 0 Å². The second-order valence-electron chi connectivity index (χ2n) is 7.02. The number of nitrogens with zero attached hydrogens (tertiary/aromatic N) is 3. The highest BCUT2D eigenvalue weighted by molar-refractivity contribution is 5.74. The summed E-state index contributed by atoms with van der Waals surface area (Å²) in [5, 5.41) is 7.17. The van der Waals surface area contributed by atoms with Crippen LogP contribution in [0.2, 0.25) is 0 Å². The highest BCUT2D eigenvalue weighted by atomic mass is 16.5. The second kappa shape index (κ2) is 7.34. The van der Waals surface area contributed by atoms with Crippen molar-refractivity contribution in [2.24, 2.45) is 5.92 Å². The largest absolute Gasteiger partial charge is 0.360 e. The van der Waals surface area contributed by atoms with Crippen molar-refractivity contribution in [3.8, 4) is 0 Å². The zero-order valence-corrected chi connectivity index (χ0v) is 14.3. The SMILES string of the molecule is Cc1cc(CN2CCN(C(=O)NC3CCCCC3C)CC2)on1. The lowest BCUT2D eigenvalue weighted by Gasteiger charge is -2.36. The van der Waals surface area contributed by atoms with E-state index in [1.54, 1.807) is 0 Å². The minimum atomic E-state index is 0.110. The van der Waals surface area contributed by atoms with E-state index in [4.69, 9.17) is 4.52 Å². The Hall–Kier alpha value is -1.56. The molecule has 2 atom stereocenters. The van der Waals surface area contributed by atoms with Gasteiger partial charge in [-0.25, -0.2) is 4.79 Å². The number of rotatable bonds is 3. The van der Waals surface area contributed by atoms with Crippen LogP contribution in [0.4, 0.5) is 4.79 Å². The molecule has 6 heteroatoms. The smallest absolute Gasteiger partial charge is 0.317 e. The Labute approximate surface area is 138 Å². The van der Waals surface area contributed by atoms with E-state index in [2.05, 4.69) is 22.3 Å². The number of aromatic nitrogens is 1. The average molecular weight is 320 g/mol. The molecule has 2 unspecified atom stereocenters. The summed E-state index contributed by atoms with van der Waals surface area (Å²) in [6.07, 6.45) is 4.89. The van der Waals surface area contributed by atoms with Gasteiger partial charge in [0.2, 0.25) is 0 Å². The quantitative estimate of drug-likeness (QED) is 0.929. The second-order valence-corrected chi connectivity index (χ2v) is 7.02. The van der Waals surface area contributed by atoms with E-state index < -0.39 is 0 Å². The number of amides is 2. The van der Waals surface area contributed by atoms with Crippen molar-refractivity contribution in [1.29, 1.82) is 0 Å². The monoisotopic (exact) mass is 320 g/mol. The number of hydrogen-bond donors (Lipinski definition) is 1. The molecule has 1 saturated carbocycles. The van der Waals surface area contributed by atoms with E-state index >= 15 is 0 Å². The van der Waals surface area contributed by atoms with Gasteiger partial charge in [0.1, 0.15) is 0 Å². The highest BCUT2D eigenvalue weighted by Gasteiger charge is 2.27. The average Bonchev–Trinajstić information content (AvgIpc) is 2.95. The first-order valence-electron chi connectivity index (χ1n) is 8.82. The summed E-state index contributed by atoms with van der Waals surface area (Å²) in [4.78, 5) is 16.7. The fourth-order valence-electron chi connectivity index (χ4n) is 3.60. The first-order valence-corrected chi connectivity index (χ1v) is 8.82. The predicted molar refractivity (Wildman–Crippen MR) is 88.0 cm³/mol. The van der Waals surface area contributed by atoms with Crippen LogP contribution in [0.25, 0.3) is 0 Å². The number of urea groups is 1. The molecule has 0 spiro atoms. The first kappa shape index (κ1) is 16.3. The number of hydrogen-bond acceptors (Lipinski definition) is 4. The van der Waals surface area contributed by atoms with Crippen molar-refractivity contribution < 1.29 is 9.32 Å². The van der Waals surface area contributed by atoms with Crippen LogP contribution in [0.15, 0.2) is 10.6 Å². The van der Waals surface area contributed by atoms with E-state index in [-0.39, 0.29) is 6.03 Å². The van der Waals surface area contributed by atoms with Gasteiger partial charge in [0.25, 0.3) is 0 Å². The molecular formula is C17H28N4O2. The molecule has 128 valence electrons. The van der Waals surface area contributed by atoms with Gasteiger partial charge in [-0.3, -0.25) is 4.90 Å². The molecule has 1 saturated heterocycles. The maximum atomic E-state index is 12.4. The van der Waals surface area contributed by atoms with Gasteiger partial charge in [-0.15, -0.1) is 0 Å². The summed E-state index contributed by atoms with van der Waals surface area (Å²) in [7, 11) is 0. The number of carbonyl (C=O) groups excluding carboxylic acids is 1. The lowest BCUT2D eigenvalue weighted by atomic mass is 9.86. The molecular weight excluding hydrogens is 292 g/mol. The number of nitrogens with one attached hydrogen (secondary N) is 1. The molecule has 1 N–H and O–H groups in total. The number of carbonyl (C=O) groups is 1. The molecule has 3 rings (SSSR count). The Morgan fingerprint density at radius 1 is 1.30 bits per heavy atom. The molecule has 0 aromatic carbocycles. The Kier molecular flexibility index (Phi) is 5.20.